The molecule has 0 saturated carbocycles. The molecule has 11 heteroatoms. The van der Waals surface area contributed by atoms with Gasteiger partial charge in [0.15, 0.2) is 11.6 Å². The predicted octanol–water partition coefficient (Wildman–Crippen LogP) is 1.07. The highest BCUT2D eigenvalue weighted by Crippen LogP contribution is 2.26. The van der Waals surface area contributed by atoms with Crippen molar-refractivity contribution in [3.63, 3.8) is 0 Å². The summed E-state index contributed by atoms with van der Waals surface area (Å²) in [6, 6.07) is 4.89. The van der Waals surface area contributed by atoms with Crippen molar-refractivity contribution in [1.29, 1.82) is 0 Å². The first-order valence-corrected chi connectivity index (χ1v) is 10.6. The van der Waals surface area contributed by atoms with Crippen molar-refractivity contribution in [3.05, 3.63) is 42.6 Å². The summed E-state index contributed by atoms with van der Waals surface area (Å²) in [4.78, 5) is 12.7. The summed E-state index contributed by atoms with van der Waals surface area (Å²) in [7, 11) is -3.69. The second kappa shape index (κ2) is 7.85. The third-order valence-electron chi connectivity index (χ3n) is 4.74. The molecule has 1 aliphatic heterocycles. The largest absolute Gasteiger partial charge is 0.381 e. The fourth-order valence-corrected chi connectivity index (χ4v) is 4.23. The lowest BCUT2D eigenvalue weighted by Crippen LogP contribution is -2.31. The van der Waals surface area contributed by atoms with Gasteiger partial charge in [0.1, 0.15) is 12.7 Å². The van der Waals surface area contributed by atoms with Gasteiger partial charge in [0.2, 0.25) is 10.0 Å². The number of hydrogen-bond acceptors (Lipinski definition) is 8. The minimum Gasteiger partial charge on any atom is -0.381 e. The molecule has 4 rings (SSSR count). The zero-order chi connectivity index (χ0) is 20.4. The summed E-state index contributed by atoms with van der Waals surface area (Å²) in [5.74, 6) is 0.517. The van der Waals surface area contributed by atoms with Gasteiger partial charge in [-0.3, -0.25) is 0 Å². The SMILES string of the molecule is Cc1ccc(S(=O)(=O)NCC2CCCO2)cc1-c1cnc(N)c(-n2cncn2)n1. The second-order valence-corrected chi connectivity index (χ2v) is 8.53. The van der Waals surface area contributed by atoms with Gasteiger partial charge in [-0.05, 0) is 37.5 Å². The second-order valence-electron chi connectivity index (χ2n) is 6.77. The van der Waals surface area contributed by atoms with Crippen LogP contribution in [0.25, 0.3) is 17.1 Å². The lowest BCUT2D eigenvalue weighted by Gasteiger charge is -2.13. The Kier molecular flexibility index (Phi) is 5.26. The number of nitrogen functional groups attached to an aromatic ring is 1. The standard InChI is InChI=1S/C18H21N7O3S/c1-12-4-5-14(29(26,27)23-8-13-3-2-6-28-13)7-15(12)16-9-21-17(19)18(24-16)25-11-20-10-22-25/h4-5,7,9-11,13,23H,2-3,6,8H2,1H3,(H2,19,21). The average molecular weight is 415 g/mol. The highest BCUT2D eigenvalue weighted by Gasteiger charge is 2.21. The van der Waals surface area contributed by atoms with E-state index in [1.165, 1.54) is 23.5 Å². The number of nitrogens with two attached hydrogens (primary N) is 1. The first kappa shape index (κ1) is 19.4. The third-order valence-corrected chi connectivity index (χ3v) is 6.16. The number of sulfonamides is 1. The van der Waals surface area contributed by atoms with Gasteiger partial charge < -0.3 is 10.5 Å². The molecule has 1 saturated heterocycles. The highest BCUT2D eigenvalue weighted by molar-refractivity contribution is 7.89. The van der Waals surface area contributed by atoms with E-state index in [0.717, 1.165) is 18.4 Å². The minimum atomic E-state index is -3.69. The molecule has 0 bridgehead atoms. The molecule has 3 heterocycles. The fraction of sp³-hybridized carbons (Fsp3) is 0.333. The Balaban J connectivity index is 1.66. The van der Waals surface area contributed by atoms with Crippen molar-refractivity contribution in [2.75, 3.05) is 18.9 Å². The van der Waals surface area contributed by atoms with Gasteiger partial charge in [0.05, 0.1) is 22.9 Å². The minimum absolute atomic E-state index is 0.0807. The summed E-state index contributed by atoms with van der Waals surface area (Å²) in [5.41, 5.74) is 7.89. The topological polar surface area (TPSA) is 138 Å². The van der Waals surface area contributed by atoms with E-state index in [0.29, 0.717) is 23.7 Å². The van der Waals surface area contributed by atoms with Crippen LogP contribution in [-0.4, -0.2) is 52.4 Å². The predicted molar refractivity (Wildman–Crippen MR) is 106 cm³/mol. The van der Waals surface area contributed by atoms with Crippen LogP contribution in [0, 0.1) is 6.92 Å². The molecule has 0 spiro atoms. The van der Waals surface area contributed by atoms with Crippen LogP contribution in [-0.2, 0) is 14.8 Å². The Bertz CT molecular complexity index is 1110. The van der Waals surface area contributed by atoms with E-state index in [2.05, 4.69) is 24.8 Å². The van der Waals surface area contributed by atoms with Crippen molar-refractivity contribution in [1.82, 2.24) is 29.5 Å². The van der Waals surface area contributed by atoms with Gasteiger partial charge in [-0.1, -0.05) is 6.07 Å². The number of hydrogen-bond donors (Lipinski definition) is 2. The molecule has 3 aromatic rings. The zero-order valence-electron chi connectivity index (χ0n) is 15.8. The number of rotatable bonds is 6. The molecular formula is C18H21N7O3S. The van der Waals surface area contributed by atoms with Crippen LogP contribution in [0.1, 0.15) is 18.4 Å². The van der Waals surface area contributed by atoms with Crippen LogP contribution in [0.3, 0.4) is 0 Å². The van der Waals surface area contributed by atoms with Crippen molar-refractivity contribution in [2.45, 2.75) is 30.8 Å². The lowest BCUT2D eigenvalue weighted by atomic mass is 10.1. The van der Waals surface area contributed by atoms with Crippen LogP contribution in [0.5, 0.6) is 0 Å². The van der Waals surface area contributed by atoms with Gasteiger partial charge in [0, 0.05) is 18.7 Å². The highest BCUT2D eigenvalue weighted by atomic mass is 32.2. The smallest absolute Gasteiger partial charge is 0.240 e. The number of benzene rings is 1. The molecular weight excluding hydrogens is 394 g/mol. The van der Waals surface area contributed by atoms with E-state index in [1.54, 1.807) is 18.2 Å². The molecule has 0 aliphatic carbocycles. The molecule has 1 unspecified atom stereocenters. The van der Waals surface area contributed by atoms with Gasteiger partial charge in [-0.15, -0.1) is 0 Å². The molecule has 3 N–H and O–H groups in total. The van der Waals surface area contributed by atoms with Crippen LogP contribution in [0.4, 0.5) is 5.82 Å². The van der Waals surface area contributed by atoms with Crippen molar-refractivity contribution >= 4 is 15.8 Å². The molecule has 0 amide bonds. The molecule has 1 aliphatic rings. The maximum absolute atomic E-state index is 12.7. The molecule has 2 aromatic heterocycles. The van der Waals surface area contributed by atoms with Gasteiger partial charge in [-0.25, -0.2) is 28.1 Å². The maximum atomic E-state index is 12.7. The number of aryl methyl sites for hydroxylation is 1. The van der Waals surface area contributed by atoms with Gasteiger partial charge in [0.25, 0.3) is 0 Å². The van der Waals surface area contributed by atoms with Crippen LogP contribution in [0.2, 0.25) is 0 Å². The third kappa shape index (κ3) is 4.11. The van der Waals surface area contributed by atoms with Crippen LogP contribution >= 0.6 is 0 Å². The maximum Gasteiger partial charge on any atom is 0.240 e. The fourth-order valence-electron chi connectivity index (χ4n) is 3.14. The van der Waals surface area contributed by atoms with E-state index < -0.39 is 10.0 Å². The number of anilines is 1. The van der Waals surface area contributed by atoms with Crippen molar-refractivity contribution < 1.29 is 13.2 Å². The van der Waals surface area contributed by atoms with E-state index in [9.17, 15) is 8.42 Å². The monoisotopic (exact) mass is 415 g/mol. The molecule has 1 aromatic carbocycles. The lowest BCUT2D eigenvalue weighted by molar-refractivity contribution is 0.114. The molecule has 1 atom stereocenters. The first-order chi connectivity index (χ1) is 13.9. The van der Waals surface area contributed by atoms with E-state index in [-0.39, 0.29) is 23.4 Å². The summed E-state index contributed by atoms with van der Waals surface area (Å²) in [6.45, 7) is 2.80. The first-order valence-electron chi connectivity index (χ1n) is 9.14. The number of ether oxygens (including phenoxy) is 1. The Morgan fingerprint density at radius 2 is 2.24 bits per heavy atom. The van der Waals surface area contributed by atoms with E-state index in [1.807, 2.05) is 6.92 Å². The molecule has 152 valence electrons. The molecule has 10 nitrogen and oxygen atoms in total. The normalized spacial score (nSPS) is 16.9. The molecule has 1 fully saturated rings. The number of nitrogens with zero attached hydrogens (tertiary/aromatic N) is 5. The Morgan fingerprint density at radius 3 is 2.97 bits per heavy atom. The summed E-state index contributed by atoms with van der Waals surface area (Å²) in [6.07, 6.45) is 6.06. The van der Waals surface area contributed by atoms with E-state index >= 15 is 0 Å². The summed E-state index contributed by atoms with van der Waals surface area (Å²) < 4.78 is 35.0. The van der Waals surface area contributed by atoms with E-state index in [4.69, 9.17) is 10.5 Å². The average Bonchev–Trinajstić information content (AvgIpc) is 3.41. The zero-order valence-corrected chi connectivity index (χ0v) is 16.6. The summed E-state index contributed by atoms with van der Waals surface area (Å²) >= 11 is 0. The van der Waals surface area contributed by atoms with Crippen molar-refractivity contribution in [3.8, 4) is 17.1 Å². The van der Waals surface area contributed by atoms with Crippen LogP contribution in [0.15, 0.2) is 41.9 Å². The number of aromatic nitrogens is 5. The molecule has 29 heavy (non-hydrogen) atoms. The van der Waals surface area contributed by atoms with Gasteiger partial charge in [-0.2, -0.15) is 9.78 Å². The van der Waals surface area contributed by atoms with Gasteiger partial charge >= 0.3 is 0 Å². The molecule has 0 radical (unpaired) electrons. The Labute approximate surface area is 168 Å². The summed E-state index contributed by atoms with van der Waals surface area (Å²) in [5, 5.41) is 4.03. The van der Waals surface area contributed by atoms with Crippen LogP contribution < -0.4 is 10.5 Å². The number of nitrogens with one attached hydrogen (secondary N) is 1. The Hall–Kier alpha value is -2.89. The quantitative estimate of drug-likeness (QED) is 0.610. The van der Waals surface area contributed by atoms with Crippen molar-refractivity contribution in [2.24, 2.45) is 0 Å². The Morgan fingerprint density at radius 1 is 1.38 bits per heavy atom.